The van der Waals surface area contributed by atoms with Crippen LogP contribution in [0, 0.1) is 0 Å². The third kappa shape index (κ3) is 8.58. The molecule has 0 atom stereocenters. The molecular weight excluding hydrogens is 421 g/mol. The topological polar surface area (TPSA) is 64.1 Å². The minimum atomic E-state index is 0. The number of benzene rings is 1. The summed E-state index contributed by atoms with van der Waals surface area (Å²) in [5.74, 6) is 2.32. The molecule has 1 aromatic rings. The van der Waals surface area contributed by atoms with Crippen LogP contribution in [-0.4, -0.2) is 46.5 Å². The normalized spacial score (nSPS) is 11.0. The average Bonchev–Trinajstić information content (AvgIpc) is 2.56. The van der Waals surface area contributed by atoms with Crippen LogP contribution in [0.2, 0.25) is 0 Å². The summed E-state index contributed by atoms with van der Waals surface area (Å²) in [7, 11) is 5.05. The van der Waals surface area contributed by atoms with Crippen molar-refractivity contribution in [2.24, 2.45) is 4.99 Å². The second-order valence-electron chi connectivity index (χ2n) is 5.30. The maximum Gasteiger partial charge on any atom is 0.191 e. The summed E-state index contributed by atoms with van der Waals surface area (Å²) in [6, 6.07) is 5.77. The number of halogens is 1. The fourth-order valence-corrected chi connectivity index (χ4v) is 2.00. The van der Waals surface area contributed by atoms with Gasteiger partial charge in [0.1, 0.15) is 11.5 Å². The highest BCUT2D eigenvalue weighted by Crippen LogP contribution is 2.24. The first-order valence-electron chi connectivity index (χ1n) is 7.87. The summed E-state index contributed by atoms with van der Waals surface area (Å²) in [6.45, 7) is 6.25. The van der Waals surface area contributed by atoms with Crippen LogP contribution in [0.15, 0.2) is 23.2 Å². The van der Waals surface area contributed by atoms with Crippen LogP contribution >= 0.6 is 24.0 Å². The van der Waals surface area contributed by atoms with Crippen molar-refractivity contribution in [2.45, 2.75) is 32.9 Å². The summed E-state index contributed by atoms with van der Waals surface area (Å²) in [5, 5.41) is 6.54. The molecule has 0 aliphatic heterocycles. The van der Waals surface area contributed by atoms with Crippen LogP contribution < -0.4 is 20.1 Å². The van der Waals surface area contributed by atoms with Crippen LogP contribution in [0.3, 0.4) is 0 Å². The number of methoxy groups -OCH3 is 2. The number of nitrogens with one attached hydrogen (secondary N) is 2. The van der Waals surface area contributed by atoms with E-state index in [1.807, 2.05) is 32.0 Å². The van der Waals surface area contributed by atoms with Crippen molar-refractivity contribution < 1.29 is 14.2 Å². The number of aliphatic imine (C=N–C) groups is 1. The molecule has 0 unspecified atom stereocenters. The van der Waals surface area contributed by atoms with Gasteiger partial charge in [-0.2, -0.15) is 0 Å². The van der Waals surface area contributed by atoms with Gasteiger partial charge in [-0.1, -0.05) is 0 Å². The summed E-state index contributed by atoms with van der Waals surface area (Å²) in [4.78, 5) is 4.21. The minimum Gasteiger partial charge on any atom is -0.497 e. The molecule has 0 fully saturated rings. The summed E-state index contributed by atoms with van der Waals surface area (Å²) < 4.78 is 16.1. The fourth-order valence-electron chi connectivity index (χ4n) is 2.00. The molecule has 24 heavy (non-hydrogen) atoms. The summed E-state index contributed by atoms with van der Waals surface area (Å²) in [5.41, 5.74) is 1.04. The van der Waals surface area contributed by atoms with Crippen LogP contribution in [0.5, 0.6) is 11.5 Å². The number of guanidine groups is 1. The van der Waals surface area contributed by atoms with Crippen LogP contribution in [0.4, 0.5) is 0 Å². The van der Waals surface area contributed by atoms with Crippen molar-refractivity contribution in [3.63, 3.8) is 0 Å². The van der Waals surface area contributed by atoms with E-state index in [-0.39, 0.29) is 30.1 Å². The maximum atomic E-state index is 5.51. The molecule has 0 aromatic heterocycles. The zero-order chi connectivity index (χ0) is 17.1. The first-order valence-corrected chi connectivity index (χ1v) is 7.87. The van der Waals surface area contributed by atoms with E-state index in [1.165, 1.54) is 0 Å². The quantitative estimate of drug-likeness (QED) is 0.262. The molecular formula is C17H30IN3O3. The first kappa shape index (κ1) is 22.8. The molecule has 0 radical (unpaired) electrons. The Labute approximate surface area is 162 Å². The Morgan fingerprint density at radius 1 is 1.17 bits per heavy atom. The van der Waals surface area contributed by atoms with E-state index in [4.69, 9.17) is 14.2 Å². The van der Waals surface area contributed by atoms with Crippen molar-refractivity contribution in [2.75, 3.05) is 34.4 Å². The lowest BCUT2D eigenvalue weighted by Gasteiger charge is -2.14. The smallest absolute Gasteiger partial charge is 0.191 e. The molecule has 0 aliphatic carbocycles. The SMILES string of the molecule is CN=C(NCCCOC(C)C)NCc1ccc(OC)cc1OC.I. The molecule has 0 bridgehead atoms. The van der Waals surface area contributed by atoms with E-state index < -0.39 is 0 Å². The van der Waals surface area contributed by atoms with Gasteiger partial charge in [0, 0.05) is 38.4 Å². The number of hydrogen-bond acceptors (Lipinski definition) is 4. The molecule has 0 aliphatic rings. The zero-order valence-corrected chi connectivity index (χ0v) is 17.5. The molecule has 0 saturated carbocycles. The van der Waals surface area contributed by atoms with Crippen LogP contribution in [-0.2, 0) is 11.3 Å². The predicted molar refractivity (Wildman–Crippen MR) is 109 cm³/mol. The molecule has 1 aromatic carbocycles. The van der Waals surface area contributed by atoms with Crippen molar-refractivity contribution in [1.29, 1.82) is 0 Å². The molecule has 6 nitrogen and oxygen atoms in total. The second kappa shape index (κ2) is 13.1. The molecule has 7 heteroatoms. The summed E-state index contributed by atoms with van der Waals surface area (Å²) >= 11 is 0. The van der Waals surface area contributed by atoms with E-state index in [1.54, 1.807) is 21.3 Å². The van der Waals surface area contributed by atoms with Gasteiger partial charge in [0.2, 0.25) is 0 Å². The van der Waals surface area contributed by atoms with Crippen molar-refractivity contribution in [1.82, 2.24) is 10.6 Å². The number of hydrogen-bond donors (Lipinski definition) is 2. The van der Waals surface area contributed by atoms with Gasteiger partial charge >= 0.3 is 0 Å². The Morgan fingerprint density at radius 3 is 2.50 bits per heavy atom. The third-order valence-corrected chi connectivity index (χ3v) is 3.23. The van der Waals surface area contributed by atoms with Gasteiger partial charge in [0.05, 0.1) is 20.3 Å². The van der Waals surface area contributed by atoms with E-state index in [9.17, 15) is 0 Å². The molecule has 0 amide bonds. The van der Waals surface area contributed by atoms with Crippen LogP contribution in [0.25, 0.3) is 0 Å². The highest BCUT2D eigenvalue weighted by atomic mass is 127. The molecule has 0 saturated heterocycles. The Bertz CT molecular complexity index is 496. The average molecular weight is 451 g/mol. The second-order valence-corrected chi connectivity index (χ2v) is 5.30. The molecule has 1 rings (SSSR count). The largest absolute Gasteiger partial charge is 0.497 e. The Balaban J connectivity index is 0.00000529. The monoisotopic (exact) mass is 451 g/mol. The molecule has 0 heterocycles. The van der Waals surface area contributed by atoms with Gasteiger partial charge in [0.25, 0.3) is 0 Å². The van der Waals surface area contributed by atoms with Gasteiger partial charge in [-0.05, 0) is 32.4 Å². The Hall–Kier alpha value is -1.22. The van der Waals surface area contributed by atoms with Gasteiger partial charge in [-0.25, -0.2) is 0 Å². The minimum absolute atomic E-state index is 0. The Kier molecular flexibility index (Phi) is 12.4. The van der Waals surface area contributed by atoms with E-state index >= 15 is 0 Å². The number of rotatable bonds is 9. The molecule has 0 spiro atoms. The number of ether oxygens (including phenoxy) is 3. The van der Waals surface area contributed by atoms with Crippen molar-refractivity contribution in [3.05, 3.63) is 23.8 Å². The highest BCUT2D eigenvalue weighted by Gasteiger charge is 2.06. The fraction of sp³-hybridized carbons (Fsp3) is 0.588. The number of nitrogens with zero attached hydrogens (tertiary/aromatic N) is 1. The molecule has 2 N–H and O–H groups in total. The van der Waals surface area contributed by atoms with E-state index in [0.29, 0.717) is 6.54 Å². The van der Waals surface area contributed by atoms with Gasteiger partial charge in [-0.3, -0.25) is 4.99 Å². The van der Waals surface area contributed by atoms with Gasteiger partial charge in [0.15, 0.2) is 5.96 Å². The molecule has 138 valence electrons. The third-order valence-electron chi connectivity index (χ3n) is 3.23. The van der Waals surface area contributed by atoms with Gasteiger partial charge < -0.3 is 24.8 Å². The zero-order valence-electron chi connectivity index (χ0n) is 15.2. The first-order chi connectivity index (χ1) is 11.1. The lowest BCUT2D eigenvalue weighted by atomic mass is 10.2. The Morgan fingerprint density at radius 2 is 1.92 bits per heavy atom. The lowest BCUT2D eigenvalue weighted by Crippen LogP contribution is -2.37. The summed E-state index contributed by atoms with van der Waals surface area (Å²) in [6.07, 6.45) is 1.21. The van der Waals surface area contributed by atoms with E-state index in [2.05, 4.69) is 15.6 Å². The lowest BCUT2D eigenvalue weighted by molar-refractivity contribution is 0.0776. The van der Waals surface area contributed by atoms with Crippen molar-refractivity contribution >= 4 is 29.9 Å². The highest BCUT2D eigenvalue weighted by molar-refractivity contribution is 14.0. The van der Waals surface area contributed by atoms with Gasteiger partial charge in [-0.15, -0.1) is 24.0 Å². The maximum absolute atomic E-state index is 5.51. The predicted octanol–water partition coefficient (Wildman–Crippen LogP) is 2.80. The standard InChI is InChI=1S/C17H29N3O3.HI/c1-13(2)23-10-6-9-19-17(18-3)20-12-14-7-8-15(21-4)11-16(14)22-5;/h7-8,11,13H,6,9-10,12H2,1-5H3,(H2,18,19,20);1H. The van der Waals surface area contributed by atoms with Crippen LogP contribution in [0.1, 0.15) is 25.8 Å². The van der Waals surface area contributed by atoms with E-state index in [0.717, 1.165) is 42.6 Å². The van der Waals surface area contributed by atoms with Crippen molar-refractivity contribution in [3.8, 4) is 11.5 Å².